The number of amides is 2. The van der Waals surface area contributed by atoms with Gasteiger partial charge in [-0.2, -0.15) is 0 Å². The first-order valence-electron chi connectivity index (χ1n) is 8.36. The Hall–Kier alpha value is -2.33. The summed E-state index contributed by atoms with van der Waals surface area (Å²) in [6.45, 7) is 3.81. The van der Waals surface area contributed by atoms with Crippen LogP contribution in [0.15, 0.2) is 48.5 Å². The predicted octanol–water partition coefficient (Wildman–Crippen LogP) is 4.24. The molecule has 130 valence electrons. The molecule has 1 saturated carbocycles. The largest absolute Gasteiger partial charge is 0.349 e. The van der Waals surface area contributed by atoms with Gasteiger partial charge in [0.25, 0.3) is 0 Å². The fraction of sp³-hybridized carbons (Fsp3) is 0.300. The number of nitrogens with one attached hydrogen (secondary N) is 2. The first-order chi connectivity index (χ1) is 11.9. The highest BCUT2D eigenvalue weighted by Gasteiger charge is 2.56. The second-order valence-corrected chi connectivity index (χ2v) is 7.04. The van der Waals surface area contributed by atoms with Crippen LogP contribution >= 0.6 is 11.6 Å². The van der Waals surface area contributed by atoms with E-state index in [1.54, 1.807) is 12.1 Å². The van der Waals surface area contributed by atoms with Crippen molar-refractivity contribution in [2.75, 3.05) is 5.32 Å². The van der Waals surface area contributed by atoms with Crippen LogP contribution in [0.25, 0.3) is 0 Å². The number of hydrogen-bond acceptors (Lipinski definition) is 2. The van der Waals surface area contributed by atoms with E-state index in [2.05, 4.69) is 10.6 Å². The highest BCUT2D eigenvalue weighted by molar-refractivity contribution is 6.31. The Morgan fingerprint density at radius 1 is 1.08 bits per heavy atom. The second kappa shape index (κ2) is 6.89. The molecule has 0 heterocycles. The van der Waals surface area contributed by atoms with Gasteiger partial charge in [-0.1, -0.05) is 48.0 Å². The third-order valence-corrected chi connectivity index (χ3v) is 4.95. The first kappa shape index (κ1) is 17.5. The van der Waals surface area contributed by atoms with Gasteiger partial charge in [0.2, 0.25) is 11.8 Å². The monoisotopic (exact) mass is 356 g/mol. The molecule has 1 unspecified atom stereocenters. The summed E-state index contributed by atoms with van der Waals surface area (Å²) in [4.78, 5) is 25.4. The molecule has 0 radical (unpaired) electrons. The van der Waals surface area contributed by atoms with Gasteiger partial charge < -0.3 is 10.6 Å². The molecule has 5 heteroatoms. The van der Waals surface area contributed by atoms with Gasteiger partial charge in [0, 0.05) is 10.7 Å². The fourth-order valence-electron chi connectivity index (χ4n) is 2.81. The van der Waals surface area contributed by atoms with Crippen LogP contribution < -0.4 is 10.6 Å². The van der Waals surface area contributed by atoms with Gasteiger partial charge in [0.1, 0.15) is 5.41 Å². The van der Waals surface area contributed by atoms with Crippen molar-refractivity contribution in [2.45, 2.75) is 32.7 Å². The molecule has 2 aromatic carbocycles. The smallest absolute Gasteiger partial charge is 0.240 e. The van der Waals surface area contributed by atoms with Crippen molar-refractivity contribution < 1.29 is 9.59 Å². The van der Waals surface area contributed by atoms with E-state index in [1.165, 1.54) is 0 Å². The normalized spacial score (nSPS) is 16.0. The summed E-state index contributed by atoms with van der Waals surface area (Å²) in [6.07, 6.45) is 1.12. The van der Waals surface area contributed by atoms with E-state index < -0.39 is 5.41 Å². The van der Waals surface area contributed by atoms with Gasteiger partial charge in [0.15, 0.2) is 0 Å². The number of carbonyl (C=O) groups excluding carboxylic acids is 2. The van der Waals surface area contributed by atoms with E-state index in [0.717, 1.165) is 11.1 Å². The zero-order chi connectivity index (χ0) is 18.0. The summed E-state index contributed by atoms with van der Waals surface area (Å²) in [5, 5.41) is 6.38. The van der Waals surface area contributed by atoms with E-state index in [9.17, 15) is 9.59 Å². The van der Waals surface area contributed by atoms with E-state index in [1.807, 2.05) is 50.2 Å². The SMILES string of the molecule is Cc1ccc(Cl)cc1NC(=O)C1(C(=O)NC(C)c2ccccc2)CC1. The first-order valence-corrected chi connectivity index (χ1v) is 8.74. The number of anilines is 1. The predicted molar refractivity (Wildman–Crippen MR) is 99.5 cm³/mol. The summed E-state index contributed by atoms with van der Waals surface area (Å²) in [5.41, 5.74) is 1.59. The average molecular weight is 357 g/mol. The zero-order valence-corrected chi connectivity index (χ0v) is 15.1. The van der Waals surface area contributed by atoms with Gasteiger partial charge in [-0.15, -0.1) is 0 Å². The van der Waals surface area contributed by atoms with Crippen LogP contribution in [0.1, 0.15) is 36.9 Å². The van der Waals surface area contributed by atoms with Gasteiger partial charge in [-0.25, -0.2) is 0 Å². The van der Waals surface area contributed by atoms with Crippen LogP contribution in [0.5, 0.6) is 0 Å². The third kappa shape index (κ3) is 3.69. The summed E-state index contributed by atoms with van der Waals surface area (Å²) in [7, 11) is 0. The fourth-order valence-corrected chi connectivity index (χ4v) is 2.99. The topological polar surface area (TPSA) is 58.2 Å². The number of rotatable bonds is 5. The standard InChI is InChI=1S/C20H21ClN2O2/c1-13-8-9-16(21)12-17(13)23-19(25)20(10-11-20)18(24)22-14(2)15-6-4-3-5-7-15/h3-9,12,14H,10-11H2,1-2H3,(H,22,24)(H,23,25). The maximum Gasteiger partial charge on any atom is 0.240 e. The molecule has 1 aliphatic carbocycles. The Balaban J connectivity index is 1.70. The van der Waals surface area contributed by atoms with Crippen molar-refractivity contribution in [1.29, 1.82) is 0 Å². The summed E-state index contributed by atoms with van der Waals surface area (Å²) in [6, 6.07) is 14.9. The van der Waals surface area contributed by atoms with Crippen LogP contribution in [-0.4, -0.2) is 11.8 Å². The molecule has 2 N–H and O–H groups in total. The molecule has 2 aromatic rings. The lowest BCUT2D eigenvalue weighted by Gasteiger charge is -2.20. The lowest BCUT2D eigenvalue weighted by atomic mass is 10.0. The van der Waals surface area contributed by atoms with E-state index >= 15 is 0 Å². The molecule has 0 aliphatic heterocycles. The molecule has 2 amide bonds. The molecule has 4 nitrogen and oxygen atoms in total. The molecule has 1 aliphatic rings. The van der Waals surface area contributed by atoms with Crippen molar-refractivity contribution in [3.05, 3.63) is 64.7 Å². The van der Waals surface area contributed by atoms with Crippen molar-refractivity contribution in [2.24, 2.45) is 5.41 Å². The van der Waals surface area contributed by atoms with Gasteiger partial charge in [-0.05, 0) is 49.9 Å². The van der Waals surface area contributed by atoms with Crippen molar-refractivity contribution in [3.8, 4) is 0 Å². The highest BCUT2D eigenvalue weighted by Crippen LogP contribution is 2.47. The maximum atomic E-state index is 12.7. The minimum Gasteiger partial charge on any atom is -0.349 e. The Morgan fingerprint density at radius 3 is 2.40 bits per heavy atom. The molecule has 0 saturated heterocycles. The van der Waals surface area contributed by atoms with Crippen LogP contribution in [0.4, 0.5) is 5.69 Å². The Kier molecular flexibility index (Phi) is 4.82. The van der Waals surface area contributed by atoms with Crippen LogP contribution in [-0.2, 0) is 9.59 Å². The molecule has 0 aromatic heterocycles. The Morgan fingerprint density at radius 2 is 1.76 bits per heavy atom. The van der Waals surface area contributed by atoms with Crippen molar-refractivity contribution in [3.63, 3.8) is 0 Å². The van der Waals surface area contributed by atoms with Crippen molar-refractivity contribution in [1.82, 2.24) is 5.32 Å². The molecule has 0 bridgehead atoms. The van der Waals surface area contributed by atoms with E-state index in [4.69, 9.17) is 11.6 Å². The number of aryl methyl sites for hydroxylation is 1. The molecular weight excluding hydrogens is 336 g/mol. The molecule has 1 atom stereocenters. The number of halogens is 1. The van der Waals surface area contributed by atoms with Gasteiger partial charge in [-0.3, -0.25) is 9.59 Å². The van der Waals surface area contributed by atoms with Crippen LogP contribution in [0.2, 0.25) is 5.02 Å². The third-order valence-electron chi connectivity index (χ3n) is 4.71. The van der Waals surface area contributed by atoms with Crippen LogP contribution in [0, 0.1) is 12.3 Å². The highest BCUT2D eigenvalue weighted by atomic mass is 35.5. The molecule has 1 fully saturated rings. The Bertz CT molecular complexity index is 801. The minimum absolute atomic E-state index is 0.146. The molecule has 25 heavy (non-hydrogen) atoms. The number of hydrogen-bond donors (Lipinski definition) is 2. The second-order valence-electron chi connectivity index (χ2n) is 6.60. The quantitative estimate of drug-likeness (QED) is 0.787. The number of carbonyl (C=O) groups is 2. The van der Waals surface area contributed by atoms with E-state index in [-0.39, 0.29) is 17.9 Å². The van der Waals surface area contributed by atoms with Gasteiger partial charge in [0.05, 0.1) is 6.04 Å². The average Bonchev–Trinajstić information content (AvgIpc) is 3.41. The number of benzene rings is 2. The lowest BCUT2D eigenvalue weighted by Crippen LogP contribution is -2.41. The Labute approximate surface area is 152 Å². The van der Waals surface area contributed by atoms with Crippen LogP contribution in [0.3, 0.4) is 0 Å². The zero-order valence-electron chi connectivity index (χ0n) is 14.3. The molecule has 0 spiro atoms. The molecular formula is C20H21ClN2O2. The summed E-state index contributed by atoms with van der Waals surface area (Å²) in [5.74, 6) is -0.489. The maximum absolute atomic E-state index is 12.7. The molecule has 3 rings (SSSR count). The van der Waals surface area contributed by atoms with Gasteiger partial charge >= 0.3 is 0 Å². The summed E-state index contributed by atoms with van der Waals surface area (Å²) >= 11 is 6.00. The minimum atomic E-state index is -0.974. The van der Waals surface area contributed by atoms with Crippen molar-refractivity contribution >= 4 is 29.1 Å². The lowest BCUT2D eigenvalue weighted by molar-refractivity contribution is -0.134. The van der Waals surface area contributed by atoms with E-state index in [0.29, 0.717) is 23.6 Å². The summed E-state index contributed by atoms with van der Waals surface area (Å²) < 4.78 is 0.